The lowest BCUT2D eigenvalue weighted by atomic mass is 9.98. The van der Waals surface area contributed by atoms with Gasteiger partial charge in [0.05, 0.1) is 18.6 Å². The first-order chi connectivity index (χ1) is 10.3. The third-order valence-corrected chi connectivity index (χ3v) is 3.92. The summed E-state index contributed by atoms with van der Waals surface area (Å²) < 4.78 is 5.03. The Morgan fingerprint density at radius 2 is 1.91 bits per heavy atom. The van der Waals surface area contributed by atoms with Gasteiger partial charge in [0, 0.05) is 22.8 Å². The second kappa shape index (κ2) is 8.19. The molecular weight excluding hydrogens is 302 g/mol. The van der Waals surface area contributed by atoms with Gasteiger partial charge in [0.2, 0.25) is 0 Å². The van der Waals surface area contributed by atoms with Crippen molar-refractivity contribution < 1.29 is 19.4 Å². The molecule has 22 heavy (non-hydrogen) atoms. The third kappa shape index (κ3) is 6.07. The maximum atomic E-state index is 12.3. The number of carboxylic acid groups (broad SMARTS) is 1. The number of carbonyl (C=O) groups is 2. The first-order valence-corrected chi connectivity index (χ1v) is 7.93. The fraction of sp³-hybridized carbons (Fsp3) is 0.500. The Kier molecular flexibility index (Phi) is 6.90. The highest BCUT2D eigenvalue weighted by atomic mass is 32.2. The fourth-order valence-electron chi connectivity index (χ4n) is 2.09. The molecule has 0 aromatic heterocycles. The largest absolute Gasteiger partial charge is 0.481 e. The standard InChI is InChI=1S/C16H23NO4S/c1-11(2)22-13-7-5-12(6-8-13)15(20)17-16(3,10-21-4)9-14(18)19/h5-8,11H,9-10H2,1-4H3,(H,17,20)(H,18,19). The van der Waals surface area contributed by atoms with Crippen molar-refractivity contribution in [2.24, 2.45) is 0 Å². The van der Waals surface area contributed by atoms with Crippen LogP contribution in [0.4, 0.5) is 0 Å². The van der Waals surface area contributed by atoms with E-state index in [1.807, 2.05) is 12.1 Å². The van der Waals surface area contributed by atoms with Crippen LogP contribution in [0.5, 0.6) is 0 Å². The molecule has 0 fully saturated rings. The summed E-state index contributed by atoms with van der Waals surface area (Å²) in [6, 6.07) is 7.27. The van der Waals surface area contributed by atoms with Crippen LogP contribution in [0.2, 0.25) is 0 Å². The van der Waals surface area contributed by atoms with Gasteiger partial charge in [-0.25, -0.2) is 0 Å². The maximum Gasteiger partial charge on any atom is 0.305 e. The number of carboxylic acids is 1. The van der Waals surface area contributed by atoms with Crippen LogP contribution in [-0.4, -0.2) is 41.5 Å². The Labute approximate surface area is 135 Å². The van der Waals surface area contributed by atoms with Crippen molar-refractivity contribution >= 4 is 23.6 Å². The van der Waals surface area contributed by atoms with Crippen LogP contribution < -0.4 is 5.32 Å². The number of benzene rings is 1. The number of rotatable bonds is 8. The molecule has 5 nitrogen and oxygen atoms in total. The van der Waals surface area contributed by atoms with E-state index in [1.54, 1.807) is 30.8 Å². The van der Waals surface area contributed by atoms with E-state index in [1.165, 1.54) is 7.11 Å². The van der Waals surface area contributed by atoms with Gasteiger partial charge in [0.25, 0.3) is 5.91 Å². The number of hydrogen-bond acceptors (Lipinski definition) is 4. The summed E-state index contributed by atoms with van der Waals surface area (Å²) in [6.07, 6.45) is -0.201. The molecule has 0 saturated carbocycles. The first kappa shape index (κ1) is 18.5. The van der Waals surface area contributed by atoms with Crippen molar-refractivity contribution in [2.45, 2.75) is 42.9 Å². The Bertz CT molecular complexity index is 515. The van der Waals surface area contributed by atoms with Crippen LogP contribution in [-0.2, 0) is 9.53 Å². The van der Waals surface area contributed by atoms with E-state index in [0.717, 1.165) is 4.90 Å². The molecule has 0 aliphatic heterocycles. The predicted molar refractivity (Wildman–Crippen MR) is 87.4 cm³/mol. The first-order valence-electron chi connectivity index (χ1n) is 7.06. The van der Waals surface area contributed by atoms with Gasteiger partial charge in [-0.2, -0.15) is 0 Å². The number of amides is 1. The second-order valence-corrected chi connectivity index (χ2v) is 7.36. The summed E-state index contributed by atoms with van der Waals surface area (Å²) in [7, 11) is 1.48. The van der Waals surface area contributed by atoms with E-state index in [2.05, 4.69) is 19.2 Å². The molecule has 1 aromatic carbocycles. The molecule has 1 atom stereocenters. The number of nitrogens with one attached hydrogen (secondary N) is 1. The van der Waals surface area contributed by atoms with Gasteiger partial charge in [-0.05, 0) is 31.2 Å². The van der Waals surface area contributed by atoms with Crippen molar-refractivity contribution in [1.29, 1.82) is 0 Å². The number of carbonyl (C=O) groups excluding carboxylic acids is 1. The molecule has 0 radical (unpaired) electrons. The minimum Gasteiger partial charge on any atom is -0.481 e. The average Bonchev–Trinajstić information content (AvgIpc) is 2.37. The highest BCUT2D eigenvalue weighted by Gasteiger charge is 2.29. The van der Waals surface area contributed by atoms with Gasteiger partial charge in [0.15, 0.2) is 0 Å². The van der Waals surface area contributed by atoms with Crippen molar-refractivity contribution in [3.05, 3.63) is 29.8 Å². The van der Waals surface area contributed by atoms with Gasteiger partial charge >= 0.3 is 5.97 Å². The normalized spacial score (nSPS) is 13.7. The van der Waals surface area contributed by atoms with Crippen LogP contribution in [0.3, 0.4) is 0 Å². The Morgan fingerprint density at radius 3 is 2.36 bits per heavy atom. The SMILES string of the molecule is COCC(C)(CC(=O)O)NC(=O)c1ccc(SC(C)C)cc1. The zero-order valence-electron chi connectivity index (χ0n) is 13.4. The van der Waals surface area contributed by atoms with Crippen LogP contribution in [0.15, 0.2) is 29.2 Å². The number of thioether (sulfide) groups is 1. The van der Waals surface area contributed by atoms with Crippen molar-refractivity contribution in [1.82, 2.24) is 5.32 Å². The molecule has 0 aliphatic rings. The molecule has 0 spiro atoms. The molecule has 1 amide bonds. The molecule has 0 saturated heterocycles. The van der Waals surface area contributed by atoms with Gasteiger partial charge in [-0.15, -0.1) is 11.8 Å². The summed E-state index contributed by atoms with van der Waals surface area (Å²) >= 11 is 1.72. The summed E-state index contributed by atoms with van der Waals surface area (Å²) in [4.78, 5) is 24.3. The monoisotopic (exact) mass is 325 g/mol. The molecular formula is C16H23NO4S. The maximum absolute atomic E-state index is 12.3. The predicted octanol–water partition coefficient (Wildman–Crippen LogP) is 2.80. The van der Waals surface area contributed by atoms with Gasteiger partial charge in [0.1, 0.15) is 0 Å². The quantitative estimate of drug-likeness (QED) is 0.719. The smallest absolute Gasteiger partial charge is 0.305 e. The van der Waals surface area contributed by atoms with Crippen LogP contribution in [0.25, 0.3) is 0 Å². The lowest BCUT2D eigenvalue weighted by Gasteiger charge is -2.28. The second-order valence-electron chi connectivity index (χ2n) is 5.71. The zero-order valence-corrected chi connectivity index (χ0v) is 14.2. The highest BCUT2D eigenvalue weighted by Crippen LogP contribution is 2.23. The van der Waals surface area contributed by atoms with Crippen LogP contribution in [0, 0.1) is 0 Å². The molecule has 2 N–H and O–H groups in total. The van der Waals surface area contributed by atoms with E-state index >= 15 is 0 Å². The van der Waals surface area contributed by atoms with Crippen molar-refractivity contribution in [3.63, 3.8) is 0 Å². The molecule has 1 rings (SSSR count). The van der Waals surface area contributed by atoms with Gasteiger partial charge in [-0.3, -0.25) is 9.59 Å². The third-order valence-electron chi connectivity index (χ3n) is 2.91. The summed E-state index contributed by atoms with van der Waals surface area (Å²) in [5, 5.41) is 12.2. The fourth-order valence-corrected chi connectivity index (χ4v) is 2.92. The lowest BCUT2D eigenvalue weighted by Crippen LogP contribution is -2.50. The zero-order chi connectivity index (χ0) is 16.8. The topological polar surface area (TPSA) is 75.6 Å². The molecule has 1 aromatic rings. The minimum absolute atomic E-state index is 0.131. The highest BCUT2D eigenvalue weighted by molar-refractivity contribution is 7.99. The Balaban J connectivity index is 2.79. The van der Waals surface area contributed by atoms with E-state index in [9.17, 15) is 9.59 Å². The molecule has 0 heterocycles. The average molecular weight is 325 g/mol. The molecule has 122 valence electrons. The van der Waals surface area contributed by atoms with E-state index in [4.69, 9.17) is 9.84 Å². The summed E-state index contributed by atoms with van der Waals surface area (Å²) in [6.45, 7) is 6.00. The molecule has 0 aliphatic carbocycles. The van der Waals surface area contributed by atoms with Gasteiger partial charge < -0.3 is 15.2 Å². The van der Waals surface area contributed by atoms with Crippen molar-refractivity contribution in [2.75, 3.05) is 13.7 Å². The number of ether oxygens (including phenoxy) is 1. The summed E-state index contributed by atoms with van der Waals surface area (Å²) in [5.74, 6) is -1.29. The Hall–Kier alpha value is -1.53. The molecule has 0 bridgehead atoms. The van der Waals surface area contributed by atoms with E-state index in [-0.39, 0.29) is 18.9 Å². The molecule has 6 heteroatoms. The van der Waals surface area contributed by atoms with Crippen LogP contribution >= 0.6 is 11.8 Å². The minimum atomic E-state index is -0.983. The molecule has 1 unspecified atom stereocenters. The van der Waals surface area contributed by atoms with E-state index in [0.29, 0.717) is 10.8 Å². The van der Waals surface area contributed by atoms with Crippen molar-refractivity contribution in [3.8, 4) is 0 Å². The number of hydrogen-bond donors (Lipinski definition) is 2. The van der Waals surface area contributed by atoms with E-state index < -0.39 is 11.5 Å². The number of aliphatic carboxylic acids is 1. The lowest BCUT2D eigenvalue weighted by molar-refractivity contribution is -0.139. The Morgan fingerprint density at radius 1 is 1.32 bits per heavy atom. The number of methoxy groups -OCH3 is 1. The summed E-state index contributed by atoms with van der Waals surface area (Å²) in [5.41, 5.74) is -0.441. The van der Waals surface area contributed by atoms with Gasteiger partial charge in [-0.1, -0.05) is 13.8 Å². The van der Waals surface area contributed by atoms with Crippen LogP contribution in [0.1, 0.15) is 37.6 Å².